The normalized spacial score (nSPS) is 21.9. The molecule has 0 fully saturated rings. The number of carbonyl (C=O) groups excluding carboxylic acids is 1. The molecule has 1 rings (SSSR count). The van der Waals surface area contributed by atoms with Gasteiger partial charge in [0.25, 0.3) is 0 Å². The van der Waals surface area contributed by atoms with Crippen LogP contribution in [0.25, 0.3) is 0 Å². The number of nitrogens with zero attached hydrogens (tertiary/aromatic N) is 1. The minimum atomic E-state index is -0.355. The summed E-state index contributed by atoms with van der Waals surface area (Å²) in [6, 6.07) is 0.177. The lowest BCUT2D eigenvalue weighted by atomic mass is 10.1. The molecule has 0 bridgehead atoms. The van der Waals surface area contributed by atoms with Crippen molar-refractivity contribution in [2.75, 3.05) is 7.05 Å². The highest BCUT2D eigenvalue weighted by Gasteiger charge is 2.22. The highest BCUT2D eigenvalue weighted by molar-refractivity contribution is 8.26. The quantitative estimate of drug-likeness (QED) is 0.759. The van der Waals surface area contributed by atoms with Crippen LogP contribution < -0.4 is 10.0 Å². The van der Waals surface area contributed by atoms with Gasteiger partial charge in [0.1, 0.15) is 5.78 Å². The van der Waals surface area contributed by atoms with Gasteiger partial charge in [0.15, 0.2) is 0 Å². The summed E-state index contributed by atoms with van der Waals surface area (Å²) >= 11 is 5.19. The van der Waals surface area contributed by atoms with Crippen molar-refractivity contribution in [3.8, 4) is 0 Å². The Balaban J connectivity index is 2.62. The van der Waals surface area contributed by atoms with Crippen molar-refractivity contribution in [3.05, 3.63) is 11.9 Å². The van der Waals surface area contributed by atoms with Crippen molar-refractivity contribution in [2.24, 2.45) is 0 Å². The van der Waals surface area contributed by atoms with E-state index in [1.165, 1.54) is 0 Å². The van der Waals surface area contributed by atoms with E-state index < -0.39 is 0 Å². The van der Waals surface area contributed by atoms with Crippen molar-refractivity contribution in [1.29, 1.82) is 0 Å². The number of nitrogens with one attached hydrogen (secondary N) is 2. The Bertz CT molecular complexity index is 328. The Kier molecular flexibility index (Phi) is 4.89. The Labute approximate surface area is 104 Å². The molecule has 2 N–H and O–H groups in total. The molecule has 0 radical (unpaired) electrons. The van der Waals surface area contributed by atoms with Crippen molar-refractivity contribution < 1.29 is 4.79 Å². The fraction of sp³-hybridized carbons (Fsp3) is 0.700. The van der Waals surface area contributed by atoms with Gasteiger partial charge in [0, 0.05) is 31.4 Å². The summed E-state index contributed by atoms with van der Waals surface area (Å²) in [4.78, 5) is 11.5. The second kappa shape index (κ2) is 5.75. The SMILES string of the molecule is CC(=O)C(CC1=CNS(=S)N1C)NC(C)C. The molecule has 0 amide bonds. The lowest BCUT2D eigenvalue weighted by Gasteiger charge is -2.22. The largest absolute Gasteiger partial charge is 0.316 e. The summed E-state index contributed by atoms with van der Waals surface area (Å²) in [5.74, 6) is 0.166. The first-order valence-corrected chi connectivity index (χ1v) is 7.39. The molecular weight excluding hydrogens is 242 g/mol. The Morgan fingerprint density at radius 1 is 1.69 bits per heavy atom. The van der Waals surface area contributed by atoms with Crippen LogP contribution in [-0.2, 0) is 25.8 Å². The van der Waals surface area contributed by atoms with Gasteiger partial charge in [-0.1, -0.05) is 13.8 Å². The van der Waals surface area contributed by atoms with Crippen molar-refractivity contribution in [2.45, 2.75) is 39.3 Å². The number of rotatable bonds is 5. The molecule has 2 unspecified atom stereocenters. The maximum atomic E-state index is 11.5. The molecule has 6 heteroatoms. The third-order valence-electron chi connectivity index (χ3n) is 2.42. The van der Waals surface area contributed by atoms with Crippen molar-refractivity contribution in [3.63, 3.8) is 0 Å². The summed E-state index contributed by atoms with van der Waals surface area (Å²) in [6.45, 7) is 5.70. The molecule has 2 atom stereocenters. The van der Waals surface area contributed by atoms with Crippen LogP contribution in [0, 0.1) is 0 Å². The number of Topliss-reactive ketones (excluding diaryl/α,β-unsaturated/α-hetero) is 1. The molecule has 0 aromatic rings. The van der Waals surface area contributed by atoms with E-state index in [-0.39, 0.29) is 21.7 Å². The van der Waals surface area contributed by atoms with E-state index >= 15 is 0 Å². The molecule has 0 spiro atoms. The molecule has 0 aliphatic carbocycles. The number of hydrogen-bond acceptors (Lipinski definition) is 3. The van der Waals surface area contributed by atoms with Crippen LogP contribution in [0.5, 0.6) is 0 Å². The van der Waals surface area contributed by atoms with Gasteiger partial charge in [-0.3, -0.25) is 4.79 Å². The van der Waals surface area contributed by atoms with Gasteiger partial charge in [0.05, 0.1) is 15.9 Å². The highest BCUT2D eigenvalue weighted by Crippen LogP contribution is 2.16. The van der Waals surface area contributed by atoms with Crippen LogP contribution in [-0.4, -0.2) is 29.2 Å². The molecule has 1 heterocycles. The first-order valence-electron chi connectivity index (χ1n) is 5.29. The zero-order chi connectivity index (χ0) is 12.3. The third kappa shape index (κ3) is 3.54. The molecule has 1 aliphatic heterocycles. The second-order valence-electron chi connectivity index (χ2n) is 4.19. The Morgan fingerprint density at radius 3 is 2.69 bits per heavy atom. The monoisotopic (exact) mass is 261 g/mol. The molecular formula is C10H19N3OS2. The molecule has 0 aromatic heterocycles. The molecule has 0 saturated carbocycles. The predicted octanol–water partition coefficient (Wildman–Crippen LogP) is 0.619. The summed E-state index contributed by atoms with van der Waals surface area (Å²) in [7, 11) is 1.60. The van der Waals surface area contributed by atoms with E-state index in [1.807, 2.05) is 31.4 Å². The third-order valence-corrected chi connectivity index (χ3v) is 4.43. The van der Waals surface area contributed by atoms with Crippen LogP contribution in [0.2, 0.25) is 0 Å². The number of hydrogen-bond donors (Lipinski definition) is 2. The standard InChI is InChI=1S/C10H19N3OS2/c1-7(2)12-10(8(3)14)5-9-6-11-16(15)13(9)4/h6-7,10-12H,5H2,1-4H3. The van der Waals surface area contributed by atoms with E-state index in [2.05, 4.69) is 10.0 Å². The lowest BCUT2D eigenvalue weighted by molar-refractivity contribution is -0.119. The summed E-state index contributed by atoms with van der Waals surface area (Å²) in [5, 5.41) is 3.27. The van der Waals surface area contributed by atoms with E-state index in [4.69, 9.17) is 11.2 Å². The van der Waals surface area contributed by atoms with Crippen LogP contribution in [0.4, 0.5) is 0 Å². The van der Waals surface area contributed by atoms with Gasteiger partial charge in [0.2, 0.25) is 0 Å². The maximum absolute atomic E-state index is 11.5. The first-order chi connectivity index (χ1) is 7.41. The zero-order valence-corrected chi connectivity index (χ0v) is 11.7. The average Bonchev–Trinajstić information content (AvgIpc) is 2.47. The fourth-order valence-electron chi connectivity index (χ4n) is 1.51. The van der Waals surface area contributed by atoms with Crippen molar-refractivity contribution >= 4 is 26.8 Å². The summed E-state index contributed by atoms with van der Waals surface area (Å²) in [5.41, 5.74) is 1.09. The van der Waals surface area contributed by atoms with Crippen LogP contribution in [0.3, 0.4) is 0 Å². The molecule has 1 aliphatic rings. The van der Waals surface area contributed by atoms with E-state index in [0.717, 1.165) is 5.70 Å². The highest BCUT2D eigenvalue weighted by atomic mass is 32.8. The number of ketones is 1. The van der Waals surface area contributed by atoms with E-state index in [1.54, 1.807) is 6.92 Å². The first kappa shape index (κ1) is 13.6. The summed E-state index contributed by atoms with van der Waals surface area (Å²) in [6.07, 6.45) is 2.60. The Morgan fingerprint density at radius 2 is 2.31 bits per heavy atom. The van der Waals surface area contributed by atoms with Crippen molar-refractivity contribution in [1.82, 2.24) is 14.3 Å². The smallest absolute Gasteiger partial charge is 0.147 e. The summed E-state index contributed by atoms with van der Waals surface area (Å²) < 4.78 is 5.09. The van der Waals surface area contributed by atoms with Gasteiger partial charge in [-0.2, -0.15) is 0 Å². The van der Waals surface area contributed by atoms with Gasteiger partial charge < -0.3 is 14.3 Å². The number of carbonyl (C=O) groups is 1. The zero-order valence-electron chi connectivity index (χ0n) is 10.1. The lowest BCUT2D eigenvalue weighted by Crippen LogP contribution is -2.40. The van der Waals surface area contributed by atoms with Crippen LogP contribution in [0.15, 0.2) is 11.9 Å². The predicted molar refractivity (Wildman–Crippen MR) is 71.1 cm³/mol. The molecule has 4 nitrogen and oxygen atoms in total. The molecule has 92 valence electrons. The van der Waals surface area contributed by atoms with Gasteiger partial charge in [-0.15, -0.1) is 0 Å². The Hall–Kier alpha value is -0.460. The average molecular weight is 261 g/mol. The van der Waals surface area contributed by atoms with Gasteiger partial charge >= 0.3 is 0 Å². The fourth-order valence-corrected chi connectivity index (χ4v) is 2.68. The van der Waals surface area contributed by atoms with Gasteiger partial charge in [-0.05, 0) is 18.1 Å². The van der Waals surface area contributed by atoms with Crippen LogP contribution in [0.1, 0.15) is 27.2 Å². The van der Waals surface area contributed by atoms with Crippen LogP contribution >= 0.6 is 0 Å². The van der Waals surface area contributed by atoms with E-state index in [9.17, 15) is 4.79 Å². The molecule has 16 heavy (non-hydrogen) atoms. The topological polar surface area (TPSA) is 44.4 Å². The van der Waals surface area contributed by atoms with Gasteiger partial charge in [-0.25, -0.2) is 0 Å². The second-order valence-corrected chi connectivity index (χ2v) is 6.42. The molecule has 0 saturated heterocycles. The van der Waals surface area contributed by atoms with E-state index in [0.29, 0.717) is 12.5 Å². The minimum absolute atomic E-state index is 0.124. The minimum Gasteiger partial charge on any atom is -0.316 e. The maximum Gasteiger partial charge on any atom is 0.147 e. The molecule has 0 aromatic carbocycles.